The molecule has 140 valence electrons. The van der Waals surface area contributed by atoms with Gasteiger partial charge in [0.25, 0.3) is 0 Å². The lowest BCUT2D eigenvalue weighted by Crippen LogP contribution is -2.26. The molecule has 1 aromatic heterocycles. The third-order valence-electron chi connectivity index (χ3n) is 3.68. The minimum absolute atomic E-state index is 0.0239. The number of carbonyl (C=O) groups excluding carboxylic acids is 1. The van der Waals surface area contributed by atoms with Gasteiger partial charge in [-0.05, 0) is 48.9 Å². The molecule has 0 saturated heterocycles. The van der Waals surface area contributed by atoms with Crippen molar-refractivity contribution < 1.29 is 27.5 Å². The van der Waals surface area contributed by atoms with Crippen molar-refractivity contribution in [2.75, 3.05) is 5.32 Å². The zero-order chi connectivity index (χ0) is 19.6. The molecule has 2 amide bonds. The van der Waals surface area contributed by atoms with E-state index in [2.05, 4.69) is 15.8 Å². The topological polar surface area (TPSA) is 86.9 Å². The van der Waals surface area contributed by atoms with Crippen LogP contribution < -0.4 is 16.3 Å². The van der Waals surface area contributed by atoms with Crippen LogP contribution in [0.3, 0.4) is 0 Å². The van der Waals surface area contributed by atoms with E-state index in [1.54, 1.807) is 12.1 Å². The molecule has 0 radical (unpaired) electrons. The number of carbonyl (C=O) groups is 1. The highest BCUT2D eigenvalue weighted by molar-refractivity contribution is 5.88. The Morgan fingerprint density at radius 2 is 1.81 bits per heavy atom. The SMILES string of the molecule is Cc1c/c(=N\NC(=O)Nc2ccc(C(F)(F)F)cc2)oc2cc(O)ccc12. The van der Waals surface area contributed by atoms with Gasteiger partial charge in [-0.15, -0.1) is 5.10 Å². The van der Waals surface area contributed by atoms with Gasteiger partial charge in [0.05, 0.1) is 5.56 Å². The summed E-state index contributed by atoms with van der Waals surface area (Å²) >= 11 is 0. The maximum Gasteiger partial charge on any atom is 0.416 e. The number of rotatable bonds is 2. The van der Waals surface area contributed by atoms with Gasteiger partial charge in [0.15, 0.2) is 0 Å². The Bertz CT molecular complexity index is 1060. The molecule has 2 aromatic carbocycles. The molecule has 0 aliphatic heterocycles. The molecule has 0 fully saturated rings. The number of alkyl halides is 3. The molecule has 3 rings (SSSR count). The van der Waals surface area contributed by atoms with Crippen LogP contribution in [-0.4, -0.2) is 11.1 Å². The summed E-state index contributed by atoms with van der Waals surface area (Å²) in [6.07, 6.45) is -4.44. The van der Waals surface area contributed by atoms with E-state index >= 15 is 0 Å². The van der Waals surface area contributed by atoms with Crippen molar-refractivity contribution in [3.63, 3.8) is 0 Å². The van der Waals surface area contributed by atoms with Gasteiger partial charge in [0, 0.05) is 23.2 Å². The summed E-state index contributed by atoms with van der Waals surface area (Å²) in [6.45, 7) is 1.82. The van der Waals surface area contributed by atoms with Gasteiger partial charge in [-0.1, -0.05) is 0 Å². The van der Waals surface area contributed by atoms with Gasteiger partial charge >= 0.3 is 12.2 Å². The zero-order valence-corrected chi connectivity index (χ0v) is 14.0. The Morgan fingerprint density at radius 1 is 1.11 bits per heavy atom. The number of anilines is 1. The van der Waals surface area contributed by atoms with Crippen molar-refractivity contribution in [2.45, 2.75) is 13.1 Å². The quantitative estimate of drug-likeness (QED) is 0.588. The van der Waals surface area contributed by atoms with E-state index in [-0.39, 0.29) is 17.0 Å². The van der Waals surface area contributed by atoms with Gasteiger partial charge in [-0.2, -0.15) is 13.2 Å². The summed E-state index contributed by atoms with van der Waals surface area (Å²) in [5, 5.41) is 16.5. The van der Waals surface area contributed by atoms with Gasteiger partial charge < -0.3 is 14.8 Å². The highest BCUT2D eigenvalue weighted by Crippen LogP contribution is 2.29. The van der Waals surface area contributed by atoms with E-state index in [1.807, 2.05) is 6.92 Å². The molecular formula is C18H14F3N3O3. The molecule has 0 aliphatic rings. The average molecular weight is 377 g/mol. The Morgan fingerprint density at radius 3 is 2.48 bits per heavy atom. The summed E-state index contributed by atoms with van der Waals surface area (Å²) in [7, 11) is 0. The monoisotopic (exact) mass is 377 g/mol. The predicted molar refractivity (Wildman–Crippen MR) is 91.8 cm³/mol. The molecule has 0 bridgehead atoms. The largest absolute Gasteiger partial charge is 0.508 e. The number of halogens is 3. The van der Waals surface area contributed by atoms with Gasteiger partial charge in [-0.25, -0.2) is 10.2 Å². The van der Waals surface area contributed by atoms with Crippen LogP contribution in [-0.2, 0) is 6.18 Å². The van der Waals surface area contributed by atoms with Crippen molar-refractivity contribution in [1.29, 1.82) is 0 Å². The van der Waals surface area contributed by atoms with Gasteiger partial charge in [0.1, 0.15) is 11.3 Å². The van der Waals surface area contributed by atoms with Crippen molar-refractivity contribution in [3.05, 3.63) is 65.2 Å². The summed E-state index contributed by atoms with van der Waals surface area (Å²) in [5.41, 5.74) is 2.85. The normalized spacial score (nSPS) is 12.2. The van der Waals surface area contributed by atoms with E-state index in [1.165, 1.54) is 12.1 Å². The second kappa shape index (κ2) is 7.02. The molecule has 0 unspecified atom stereocenters. The first-order chi connectivity index (χ1) is 12.7. The zero-order valence-electron chi connectivity index (χ0n) is 14.0. The number of urea groups is 1. The number of hydrogen-bond donors (Lipinski definition) is 3. The lowest BCUT2D eigenvalue weighted by atomic mass is 10.1. The Kier molecular flexibility index (Phi) is 4.76. The fourth-order valence-corrected chi connectivity index (χ4v) is 2.39. The lowest BCUT2D eigenvalue weighted by Gasteiger charge is -2.08. The number of hydrogen-bond acceptors (Lipinski definition) is 4. The molecule has 0 spiro atoms. The predicted octanol–water partition coefficient (Wildman–Crippen LogP) is 4.10. The van der Waals surface area contributed by atoms with Crippen LogP contribution >= 0.6 is 0 Å². The number of benzene rings is 2. The summed E-state index contributed by atoms with van der Waals surface area (Å²) < 4.78 is 43.0. The molecule has 0 aliphatic carbocycles. The Labute approximate surface area is 150 Å². The molecule has 3 N–H and O–H groups in total. The van der Waals surface area contributed by atoms with E-state index in [4.69, 9.17) is 4.42 Å². The Balaban J connectivity index is 1.74. The summed E-state index contributed by atoms with van der Waals surface area (Å²) in [6, 6.07) is 9.48. The third kappa shape index (κ3) is 4.38. The minimum atomic E-state index is -4.44. The number of fused-ring (bicyclic) bond motifs is 1. The van der Waals surface area contributed by atoms with Crippen LogP contribution in [0.1, 0.15) is 11.1 Å². The maximum absolute atomic E-state index is 12.5. The third-order valence-corrected chi connectivity index (χ3v) is 3.68. The van der Waals surface area contributed by atoms with E-state index < -0.39 is 17.8 Å². The highest BCUT2D eigenvalue weighted by Gasteiger charge is 2.29. The molecule has 6 nitrogen and oxygen atoms in total. The first-order valence-corrected chi connectivity index (χ1v) is 7.74. The molecule has 0 atom stereocenters. The molecule has 0 saturated carbocycles. The minimum Gasteiger partial charge on any atom is -0.508 e. The van der Waals surface area contributed by atoms with Gasteiger partial charge in [-0.3, -0.25) is 0 Å². The Hall–Kier alpha value is -3.49. The molecule has 27 heavy (non-hydrogen) atoms. The number of aromatic hydroxyl groups is 1. The fraction of sp³-hybridized carbons (Fsp3) is 0.111. The molecule has 1 heterocycles. The van der Waals surface area contributed by atoms with Crippen molar-refractivity contribution in [2.24, 2.45) is 5.10 Å². The van der Waals surface area contributed by atoms with Crippen LogP contribution in [0.2, 0.25) is 0 Å². The smallest absolute Gasteiger partial charge is 0.416 e. The number of nitrogens with one attached hydrogen (secondary N) is 2. The molecule has 9 heteroatoms. The van der Waals surface area contributed by atoms with Crippen LogP contribution in [0.5, 0.6) is 5.75 Å². The second-order valence-electron chi connectivity index (χ2n) is 5.70. The second-order valence-corrected chi connectivity index (χ2v) is 5.70. The number of aryl methyl sites for hydroxylation is 1. The maximum atomic E-state index is 12.5. The number of amides is 2. The number of phenolic OH excluding ortho intramolecular Hbond substituents is 1. The number of phenols is 1. The standard InChI is InChI=1S/C18H14F3N3O3/c1-10-8-16(27-15-9-13(25)6-7-14(10)15)23-24-17(26)22-12-4-2-11(3-5-12)18(19,20)21/h2-9,25H,1H3,(H2,22,24,26)/b23-16+. The molecule has 3 aromatic rings. The van der Waals surface area contributed by atoms with Gasteiger partial charge in [0.2, 0.25) is 5.55 Å². The molecular weight excluding hydrogens is 363 g/mol. The van der Waals surface area contributed by atoms with Crippen LogP contribution in [0.15, 0.2) is 58.0 Å². The first-order valence-electron chi connectivity index (χ1n) is 7.74. The fourth-order valence-electron chi connectivity index (χ4n) is 2.39. The summed E-state index contributed by atoms with van der Waals surface area (Å²) in [5.74, 6) is 0.0239. The van der Waals surface area contributed by atoms with E-state index in [0.717, 1.165) is 35.2 Å². The van der Waals surface area contributed by atoms with E-state index in [0.29, 0.717) is 5.58 Å². The van der Waals surface area contributed by atoms with Crippen LogP contribution in [0.25, 0.3) is 11.0 Å². The van der Waals surface area contributed by atoms with Crippen LogP contribution in [0.4, 0.5) is 23.7 Å². The summed E-state index contributed by atoms with van der Waals surface area (Å²) in [4.78, 5) is 11.9. The van der Waals surface area contributed by atoms with Crippen molar-refractivity contribution in [1.82, 2.24) is 5.43 Å². The van der Waals surface area contributed by atoms with Crippen molar-refractivity contribution in [3.8, 4) is 5.75 Å². The highest BCUT2D eigenvalue weighted by atomic mass is 19.4. The average Bonchev–Trinajstić information content (AvgIpc) is 2.59. The number of nitrogens with zero attached hydrogens (tertiary/aromatic N) is 1. The van der Waals surface area contributed by atoms with Crippen LogP contribution in [0, 0.1) is 6.92 Å². The van der Waals surface area contributed by atoms with E-state index in [9.17, 15) is 23.1 Å². The van der Waals surface area contributed by atoms with Crippen molar-refractivity contribution >= 4 is 22.7 Å². The lowest BCUT2D eigenvalue weighted by molar-refractivity contribution is -0.137. The first kappa shape index (κ1) is 18.3.